The van der Waals surface area contributed by atoms with Gasteiger partial charge in [-0.1, -0.05) is 72.8 Å². The summed E-state index contributed by atoms with van der Waals surface area (Å²) in [5, 5.41) is 0.523. The Balaban J connectivity index is 0.000000206. The molecule has 26 heavy (non-hydrogen) atoms. The van der Waals surface area contributed by atoms with Gasteiger partial charge in [-0.2, -0.15) is 0 Å². The third-order valence-electron chi connectivity index (χ3n) is 3.86. The summed E-state index contributed by atoms with van der Waals surface area (Å²) >= 11 is 0. The number of hydrogen-bond acceptors (Lipinski definition) is 4. The zero-order valence-corrected chi connectivity index (χ0v) is 14.3. The van der Waals surface area contributed by atoms with Crippen LogP contribution in [0.25, 0.3) is 10.9 Å². The van der Waals surface area contributed by atoms with Crippen molar-refractivity contribution in [3.63, 3.8) is 0 Å². The van der Waals surface area contributed by atoms with E-state index in [1.807, 2.05) is 72.8 Å². The molecule has 0 amide bonds. The molecule has 4 heteroatoms. The van der Waals surface area contributed by atoms with Crippen LogP contribution in [0.4, 0.5) is 0 Å². The van der Waals surface area contributed by atoms with Gasteiger partial charge in [-0.25, -0.2) is 9.78 Å². The van der Waals surface area contributed by atoms with Gasteiger partial charge in [0.1, 0.15) is 0 Å². The summed E-state index contributed by atoms with van der Waals surface area (Å²) in [4.78, 5) is 16.1. The highest BCUT2D eigenvalue weighted by molar-refractivity contribution is 5.76. The van der Waals surface area contributed by atoms with E-state index in [0.29, 0.717) is 29.8 Å². The second-order valence-electron chi connectivity index (χ2n) is 5.76. The Bertz CT molecular complexity index is 1010. The molecule has 0 radical (unpaired) electrons. The van der Waals surface area contributed by atoms with Crippen molar-refractivity contribution in [2.45, 2.75) is 13.0 Å². The van der Waals surface area contributed by atoms with Crippen molar-refractivity contribution in [1.29, 1.82) is 0 Å². The molecule has 0 saturated carbocycles. The highest BCUT2D eigenvalue weighted by Gasteiger charge is 2.06. The van der Waals surface area contributed by atoms with E-state index in [9.17, 15) is 4.79 Å². The van der Waals surface area contributed by atoms with Crippen LogP contribution in [0.1, 0.15) is 17.0 Å². The fourth-order valence-electron chi connectivity index (χ4n) is 2.52. The standard InChI is InChI=1S/C15H11NO2.C7H9N/c17-15-12-8-4-5-9-13(12)16-14(18-15)10-11-6-2-1-3-7-11;8-6-7-4-2-1-3-5-7/h1-9H,10H2;1-5H,6,8H2. The number of fused-ring (bicyclic) bond motifs is 1. The molecule has 0 aliphatic heterocycles. The first kappa shape index (κ1) is 17.6. The van der Waals surface area contributed by atoms with Crippen LogP contribution >= 0.6 is 0 Å². The maximum atomic E-state index is 11.8. The van der Waals surface area contributed by atoms with E-state index in [0.717, 1.165) is 5.56 Å². The lowest BCUT2D eigenvalue weighted by Crippen LogP contribution is -2.05. The lowest BCUT2D eigenvalue weighted by molar-refractivity contribution is 0.454. The molecule has 2 N–H and O–H groups in total. The monoisotopic (exact) mass is 344 g/mol. The molecule has 0 saturated heterocycles. The summed E-state index contributed by atoms with van der Waals surface area (Å²) in [7, 11) is 0. The largest absolute Gasteiger partial charge is 0.408 e. The summed E-state index contributed by atoms with van der Waals surface area (Å²) in [5.74, 6) is 0.449. The Labute approximate surface area is 151 Å². The molecule has 4 nitrogen and oxygen atoms in total. The number of hydrogen-bond donors (Lipinski definition) is 1. The maximum absolute atomic E-state index is 11.8. The van der Waals surface area contributed by atoms with Crippen LogP contribution < -0.4 is 11.4 Å². The van der Waals surface area contributed by atoms with Crippen molar-refractivity contribution < 1.29 is 4.42 Å². The third kappa shape index (κ3) is 4.65. The van der Waals surface area contributed by atoms with Gasteiger partial charge in [0.15, 0.2) is 0 Å². The SMILES string of the molecule is NCc1ccccc1.O=c1oc(Cc2ccccc2)nc2ccccc12. The number of rotatable bonds is 3. The third-order valence-corrected chi connectivity index (χ3v) is 3.86. The van der Waals surface area contributed by atoms with Gasteiger partial charge in [-0.05, 0) is 23.3 Å². The molecule has 4 rings (SSSR count). The van der Waals surface area contributed by atoms with E-state index in [1.165, 1.54) is 5.56 Å². The fourth-order valence-corrected chi connectivity index (χ4v) is 2.52. The van der Waals surface area contributed by atoms with Crippen molar-refractivity contribution in [2.24, 2.45) is 5.73 Å². The molecule has 0 bridgehead atoms. The molecular weight excluding hydrogens is 324 g/mol. The van der Waals surface area contributed by atoms with Gasteiger partial charge in [-0.3, -0.25) is 0 Å². The van der Waals surface area contributed by atoms with E-state index in [2.05, 4.69) is 4.98 Å². The van der Waals surface area contributed by atoms with Crippen LogP contribution in [0.15, 0.2) is 94.1 Å². The molecule has 0 atom stereocenters. The molecule has 1 heterocycles. The van der Waals surface area contributed by atoms with Gasteiger partial charge in [0.25, 0.3) is 0 Å². The van der Waals surface area contributed by atoms with Crippen molar-refractivity contribution >= 4 is 10.9 Å². The second-order valence-corrected chi connectivity index (χ2v) is 5.76. The second kappa shape index (κ2) is 8.74. The van der Waals surface area contributed by atoms with Crippen LogP contribution in [0, 0.1) is 0 Å². The van der Waals surface area contributed by atoms with Gasteiger partial charge in [0, 0.05) is 13.0 Å². The van der Waals surface area contributed by atoms with E-state index in [1.54, 1.807) is 12.1 Å². The Kier molecular flexibility index (Phi) is 5.91. The average Bonchev–Trinajstić information content (AvgIpc) is 2.70. The first-order valence-corrected chi connectivity index (χ1v) is 8.43. The van der Waals surface area contributed by atoms with Crippen LogP contribution in [0.3, 0.4) is 0 Å². The Morgan fingerprint density at radius 2 is 1.35 bits per heavy atom. The molecule has 3 aromatic carbocycles. The summed E-state index contributed by atoms with van der Waals surface area (Å²) in [6.07, 6.45) is 0.529. The highest BCUT2D eigenvalue weighted by atomic mass is 16.4. The zero-order valence-electron chi connectivity index (χ0n) is 14.3. The average molecular weight is 344 g/mol. The van der Waals surface area contributed by atoms with Gasteiger partial charge >= 0.3 is 5.63 Å². The summed E-state index contributed by atoms with van der Waals surface area (Å²) in [6, 6.07) is 27.0. The molecule has 0 fully saturated rings. The van der Waals surface area contributed by atoms with Crippen LogP contribution in [-0.4, -0.2) is 4.98 Å². The van der Waals surface area contributed by atoms with Gasteiger partial charge in [-0.15, -0.1) is 0 Å². The minimum atomic E-state index is -0.327. The Morgan fingerprint density at radius 1 is 0.769 bits per heavy atom. The van der Waals surface area contributed by atoms with E-state index in [-0.39, 0.29) is 5.63 Å². The topological polar surface area (TPSA) is 69.1 Å². The predicted molar refractivity (Wildman–Crippen MR) is 104 cm³/mol. The van der Waals surface area contributed by atoms with E-state index < -0.39 is 0 Å². The summed E-state index contributed by atoms with van der Waals surface area (Å²) < 4.78 is 5.23. The smallest absolute Gasteiger partial charge is 0.346 e. The van der Waals surface area contributed by atoms with Gasteiger partial charge in [0.2, 0.25) is 5.89 Å². The predicted octanol–water partition coefficient (Wildman–Crippen LogP) is 3.92. The van der Waals surface area contributed by atoms with Gasteiger partial charge in [0.05, 0.1) is 10.9 Å². The van der Waals surface area contributed by atoms with Crippen molar-refractivity contribution in [3.05, 3.63) is 112 Å². The number of nitrogens with two attached hydrogens (primary N) is 1. The molecular formula is C22H20N2O2. The number of aromatic nitrogens is 1. The fraction of sp³-hybridized carbons (Fsp3) is 0.0909. The molecule has 0 spiro atoms. The van der Waals surface area contributed by atoms with E-state index >= 15 is 0 Å². The first-order chi connectivity index (χ1) is 12.8. The number of benzene rings is 3. The summed E-state index contributed by atoms with van der Waals surface area (Å²) in [5.41, 5.74) is 7.96. The Hall–Kier alpha value is -3.24. The minimum Gasteiger partial charge on any atom is -0.408 e. The molecule has 4 aromatic rings. The van der Waals surface area contributed by atoms with Crippen LogP contribution in [-0.2, 0) is 13.0 Å². The minimum absolute atomic E-state index is 0.327. The lowest BCUT2D eigenvalue weighted by Gasteiger charge is -2.01. The number of nitrogens with zero attached hydrogens (tertiary/aromatic N) is 1. The quantitative estimate of drug-likeness (QED) is 0.611. The number of para-hydroxylation sites is 1. The van der Waals surface area contributed by atoms with Crippen LogP contribution in [0.2, 0.25) is 0 Å². The molecule has 0 unspecified atom stereocenters. The van der Waals surface area contributed by atoms with Crippen molar-refractivity contribution in [2.75, 3.05) is 0 Å². The molecule has 1 aromatic heterocycles. The lowest BCUT2D eigenvalue weighted by atomic mass is 10.1. The molecule has 130 valence electrons. The van der Waals surface area contributed by atoms with Gasteiger partial charge < -0.3 is 10.2 Å². The van der Waals surface area contributed by atoms with E-state index in [4.69, 9.17) is 10.2 Å². The van der Waals surface area contributed by atoms with Crippen LogP contribution in [0.5, 0.6) is 0 Å². The molecule has 0 aliphatic rings. The summed E-state index contributed by atoms with van der Waals surface area (Å²) in [6.45, 7) is 0.640. The highest BCUT2D eigenvalue weighted by Crippen LogP contribution is 2.10. The first-order valence-electron chi connectivity index (χ1n) is 8.43. The molecule has 0 aliphatic carbocycles. The van der Waals surface area contributed by atoms with Crippen molar-refractivity contribution in [1.82, 2.24) is 4.98 Å². The normalized spacial score (nSPS) is 10.2. The van der Waals surface area contributed by atoms with Crippen molar-refractivity contribution in [3.8, 4) is 0 Å². The zero-order chi connectivity index (χ0) is 18.2. The maximum Gasteiger partial charge on any atom is 0.346 e. The Morgan fingerprint density at radius 3 is 1.96 bits per heavy atom.